The van der Waals surface area contributed by atoms with E-state index < -0.39 is 248 Å². The number of nitrogens with one attached hydrogen (secondary N) is 6. The summed E-state index contributed by atoms with van der Waals surface area (Å²) in [4.78, 5) is 162. The molecule has 0 spiro atoms. The number of anilines is 8. The van der Waals surface area contributed by atoms with Crippen molar-refractivity contribution in [1.29, 1.82) is 0 Å². The first kappa shape index (κ1) is 131. The molecule has 2 aromatic heterocycles. The van der Waals surface area contributed by atoms with Crippen molar-refractivity contribution in [3.8, 4) is 23.5 Å². The number of allylic oxidation sites excluding steroid dienone is 2. The van der Waals surface area contributed by atoms with Crippen LogP contribution in [-0.2, 0) is 68.1 Å². The Balaban J connectivity index is 0.00000334. The quantitative estimate of drug-likeness (QED) is 0.00308. The summed E-state index contributed by atoms with van der Waals surface area (Å²) in [7, 11) is -14.0. The fourth-order valence-electron chi connectivity index (χ4n) is 15.8. The molecule has 2 aliphatic heterocycles. The van der Waals surface area contributed by atoms with Crippen LogP contribution in [0.4, 0.5) is 46.5 Å². The number of nitrogens with zero attached hydrogens (tertiary/aromatic N) is 8. The summed E-state index contributed by atoms with van der Waals surface area (Å²) in [5.41, 5.74) is -7.59. The molecule has 6 aliphatic rings. The summed E-state index contributed by atoms with van der Waals surface area (Å²) in [6.07, 6.45) is 5.50. The number of hydrogen-bond acceptors (Lipinski definition) is 49. The summed E-state index contributed by atoms with van der Waals surface area (Å²) >= 11 is 0.455. The molecule has 48 nitrogen and oxygen atoms in total. The Morgan fingerprint density at radius 1 is 0.378 bits per heavy atom. The summed E-state index contributed by atoms with van der Waals surface area (Å²) in [6.45, 7) is -0.994. The SMILES string of the molecule is CN1C(=O)C(C(=O)c2cccc(SOO[O-])c2)=C2c3ccccc3C(=O)C3=C(Nc4cc(Nc5nc(NCCNc6nc(Nc7cc(NC8=C9C(=O)c%10ccccc%10C%10=C(C(=O)c%11cccc(S(=O)(=O)[O-])c%11)C(=O)N(C)C(C=C8)C9%10)c(S(=O)(=O)[O-])cc7SOO[O-])nc(Oc7cc(C(=O)[O-])cc(C(=O)[O-])c7)n6)nc(Oc6cc(C(=O)[O-])cc(C(=O)[O-])c6)n5)c(S(=O)(=O)[O-])cc4SOO[O-])C=CC1C32.[Na+].[Na+].[Na+].[Na+].[Na+].[Na+].[Na+].[Na+].[Na+].[Na+]. The van der Waals surface area contributed by atoms with Crippen molar-refractivity contribution in [1.82, 2.24) is 39.7 Å². The summed E-state index contributed by atoms with van der Waals surface area (Å²) in [6, 6.07) is 24.7. The number of carbonyl (C=O) groups is 10. The van der Waals surface area contributed by atoms with Crippen LogP contribution in [0.1, 0.15) is 94.0 Å². The molecule has 4 unspecified atom stereocenters. The van der Waals surface area contributed by atoms with Crippen molar-refractivity contribution in [3.63, 3.8) is 0 Å². The predicted octanol–water partition coefficient (Wildman–Crippen LogP) is -29.0. The van der Waals surface area contributed by atoms with Gasteiger partial charge in [0.2, 0.25) is 23.8 Å². The molecular weight excluding hydrogens is 2170 g/mol. The molecule has 16 rings (SSSR count). The molecule has 0 fully saturated rings. The first-order valence-corrected chi connectivity index (χ1v) is 45.4. The van der Waals surface area contributed by atoms with Crippen molar-refractivity contribution in [3.05, 3.63) is 271 Å². The van der Waals surface area contributed by atoms with Gasteiger partial charge in [-0.2, -0.15) is 42.9 Å². The van der Waals surface area contributed by atoms with Crippen molar-refractivity contribution < 1.29 is 456 Å². The van der Waals surface area contributed by atoms with Gasteiger partial charge in [0.05, 0.1) is 130 Å². The molecule has 64 heteroatoms. The second-order valence-corrected chi connectivity index (χ2v) is 36.0. The third-order valence-corrected chi connectivity index (χ3v) is 26.0. The second kappa shape index (κ2) is 55.9. The van der Waals surface area contributed by atoms with Gasteiger partial charge >= 0.3 is 308 Å². The van der Waals surface area contributed by atoms with E-state index in [1.54, 1.807) is 6.07 Å². The molecule has 2 amide bonds. The van der Waals surface area contributed by atoms with Gasteiger partial charge in [-0.1, -0.05) is 84.9 Å². The molecule has 0 bridgehead atoms. The number of hydrogen-bond donors (Lipinski definition) is 6. The smallest absolute Gasteiger partial charge is 0.744 e. The van der Waals surface area contributed by atoms with Gasteiger partial charge in [0, 0.05) is 111 Å². The van der Waals surface area contributed by atoms with Crippen LogP contribution in [0, 0.1) is 11.8 Å². The third kappa shape index (κ3) is 28.9. The molecule has 4 aliphatic carbocycles. The zero-order valence-corrected chi connectivity index (χ0v) is 104. The van der Waals surface area contributed by atoms with E-state index in [9.17, 15) is 113 Å². The topological polar surface area (TPSA) is 734 Å². The van der Waals surface area contributed by atoms with E-state index in [2.05, 4.69) is 89.9 Å². The molecule has 0 saturated heterocycles. The second-order valence-electron chi connectivity index (χ2n) is 29.6. The number of benzene rings is 8. The Labute approximate surface area is 1070 Å². The Kier molecular flexibility index (Phi) is 49.6. The van der Waals surface area contributed by atoms with Crippen molar-refractivity contribution in [2.75, 3.05) is 59.1 Å². The van der Waals surface area contributed by atoms with Crippen molar-refractivity contribution >= 4 is 183 Å². The number of carboxylic acid groups (broad SMARTS) is 4. The molecule has 0 radical (unpaired) electrons. The largest absolute Gasteiger partial charge is 1.00 e. The Morgan fingerprint density at radius 3 is 1.11 bits per heavy atom. The standard InChI is InChI=1S/C84H60N14O34S6.10Na/c1-97-55-19-17-49(63-65(55)61(45-13-3-5-15-47(45)71(63)101)67(73(97)103)69(99)35-9-7-11-43(29-35)133-130-127-113)87-51-31-54(60(138(122,123)124)33-57(51)134-131-128-114)90-82-92-80(94-84(96-82)126-42-27-39(77(109)110)24-40(28-42)78(111)112)86-22-21-85-79-91-81(95-83(93-79)125-41-25-37(75(105)106)23-38(26-41)76(107)108)89-52-32-53(59(137(119,120)121)34-58(52)135-132-129-115)88-50-18-20-56-66-62(46-14-4-6-16-48(46)72(102)64(50)66)68(74(104)98(56)2)70(100)36-10-8-12-44(30-36)136(116,117)118;;;;;;;;;;/h3-20,23-34,55-56,65-66,87-88,113-115H,21-22H2,1-2H3,(H,105,106)(H,107,108)(H,109,110)(H,111,112)(H,116,117,118)(H,119,120,121)(H,122,123,124)(H2,85,89,91,93,95)(H2,86,90,92,94,96);;;;;;;;;;/q;10*+1/p-10. The van der Waals surface area contributed by atoms with Crippen LogP contribution < -0.4 is 373 Å². The number of rotatable bonds is 37. The first-order chi connectivity index (χ1) is 65.8. The molecule has 4 atom stereocenters. The zero-order chi connectivity index (χ0) is 98.4. The monoisotopic (exact) mass is 2220 g/mol. The maximum Gasteiger partial charge on any atom is 1.00 e. The normalized spacial score (nSPS) is 15.4. The number of amides is 2. The van der Waals surface area contributed by atoms with Crippen molar-refractivity contribution in [2.24, 2.45) is 11.8 Å². The van der Waals surface area contributed by atoms with E-state index >= 15 is 9.59 Å². The van der Waals surface area contributed by atoms with Crippen LogP contribution >= 0.6 is 36.1 Å². The molecule has 4 heterocycles. The summed E-state index contributed by atoms with van der Waals surface area (Å²) in [5.74, 6) is -19.4. The minimum atomic E-state index is -5.77. The number of ketones is 4. The number of Topliss-reactive ketones (excluding diaryl/α,β-unsaturated/α-hetero) is 4. The van der Waals surface area contributed by atoms with Gasteiger partial charge < -0.3 is 120 Å². The molecular formula is C84H50N14Na10O34S6. The maximum absolute atomic E-state index is 15.2. The average molecular weight is 2220 g/mol. The Bertz CT molecular complexity index is 7530. The summed E-state index contributed by atoms with van der Waals surface area (Å²) in [5, 5.41) is 110. The molecule has 706 valence electrons. The van der Waals surface area contributed by atoms with E-state index in [0.717, 1.165) is 65.6 Å². The van der Waals surface area contributed by atoms with Gasteiger partial charge in [-0.3, -0.25) is 43.9 Å². The number of ether oxygens (including phenoxy) is 2. The number of carbonyl (C=O) groups excluding carboxylic acids is 10. The van der Waals surface area contributed by atoms with Crippen LogP contribution in [0.5, 0.6) is 23.5 Å². The molecule has 10 aromatic rings. The molecule has 8 aromatic carbocycles. The van der Waals surface area contributed by atoms with E-state index in [1.807, 2.05) is 0 Å². The van der Waals surface area contributed by atoms with E-state index in [0.29, 0.717) is 36.3 Å². The van der Waals surface area contributed by atoms with E-state index in [1.165, 1.54) is 110 Å². The van der Waals surface area contributed by atoms with Crippen LogP contribution in [0.25, 0.3) is 11.1 Å². The maximum atomic E-state index is 15.2. The van der Waals surface area contributed by atoms with Crippen molar-refractivity contribution in [2.45, 2.75) is 41.5 Å². The van der Waals surface area contributed by atoms with Gasteiger partial charge in [-0.05, 0) is 119 Å². The van der Waals surface area contributed by atoms with Crippen LogP contribution in [-0.4, -0.2) is 177 Å². The van der Waals surface area contributed by atoms with E-state index in [-0.39, 0.29) is 397 Å². The number of aromatic carboxylic acids is 4. The summed E-state index contributed by atoms with van der Waals surface area (Å²) < 4.78 is 143. The minimum Gasteiger partial charge on any atom is -0.744 e. The van der Waals surface area contributed by atoms with Crippen LogP contribution in [0.3, 0.4) is 0 Å². The average Bonchev–Trinajstić information content (AvgIpc) is 0.707. The fraction of sp³-hybridized carbons (Fsp3) is 0.0952. The number of aromatic nitrogens is 6. The van der Waals surface area contributed by atoms with E-state index in [4.69, 9.17) is 9.47 Å². The predicted molar refractivity (Wildman–Crippen MR) is 451 cm³/mol. The minimum absolute atomic E-state index is 0. The van der Waals surface area contributed by atoms with Gasteiger partial charge in [-0.15, -0.1) is 0 Å². The van der Waals surface area contributed by atoms with Gasteiger partial charge in [0.15, 0.2) is 23.1 Å². The number of likely N-dealkylation sites (N-methyl/N-ethyl adjacent to an activating group) is 2. The molecule has 6 N–H and O–H groups in total. The third-order valence-electron chi connectivity index (χ3n) is 21.6. The van der Waals surface area contributed by atoms with Gasteiger partial charge in [-0.25, -0.2) is 25.3 Å². The van der Waals surface area contributed by atoms with Gasteiger partial charge in [0.1, 0.15) is 41.9 Å². The van der Waals surface area contributed by atoms with Crippen LogP contribution in [0.2, 0.25) is 0 Å². The number of fused-ring (bicyclic) bond motifs is 4. The first-order valence-electron chi connectivity index (χ1n) is 39.0. The molecule has 0 saturated carbocycles. The fourth-order valence-corrected chi connectivity index (χ4v) is 19.1. The zero-order valence-electron chi connectivity index (χ0n) is 79.0. The van der Waals surface area contributed by atoms with Gasteiger partial charge in [0.25, 0.3) is 11.8 Å². The molecule has 148 heavy (non-hydrogen) atoms. The Morgan fingerprint density at radius 2 is 0.730 bits per heavy atom. The Hall–Kier alpha value is -5.46. The van der Waals surface area contributed by atoms with Crippen LogP contribution in [0.15, 0.2) is 245 Å². The number of carboxylic acids is 4.